The summed E-state index contributed by atoms with van der Waals surface area (Å²) in [4.78, 5) is 0. The molecule has 3 heteroatoms. The minimum atomic E-state index is 0.142. The van der Waals surface area contributed by atoms with Gasteiger partial charge in [-0.15, -0.1) is 0 Å². The summed E-state index contributed by atoms with van der Waals surface area (Å²) in [5, 5.41) is 7.94. The molecule has 0 atom stereocenters. The van der Waals surface area contributed by atoms with E-state index in [1.165, 1.54) is 5.56 Å². The lowest BCUT2D eigenvalue weighted by Gasteiger charge is -2.20. The van der Waals surface area contributed by atoms with Crippen LogP contribution in [0.2, 0.25) is 0 Å². The van der Waals surface area contributed by atoms with E-state index >= 15 is 0 Å². The highest BCUT2D eigenvalue weighted by Crippen LogP contribution is 2.09. The standard InChI is InChI=1S/C13H23N3/c1-10(2)8-16-9-12(11(3)15-16)7-14-13(4,5)6/h9,14H,1,7-8H2,2-6H3. The number of hydrogen-bond donors (Lipinski definition) is 1. The van der Waals surface area contributed by atoms with Crippen molar-refractivity contribution < 1.29 is 0 Å². The number of nitrogens with zero attached hydrogens (tertiary/aromatic N) is 2. The molecule has 1 rings (SSSR count). The summed E-state index contributed by atoms with van der Waals surface area (Å²) in [5.41, 5.74) is 3.62. The molecule has 0 aliphatic heterocycles. The molecule has 1 aromatic rings. The molecule has 0 spiro atoms. The largest absolute Gasteiger partial charge is 0.308 e. The van der Waals surface area contributed by atoms with Crippen LogP contribution in [0.1, 0.15) is 39.0 Å². The van der Waals surface area contributed by atoms with E-state index in [0.29, 0.717) is 0 Å². The Hall–Kier alpha value is -1.09. The molecule has 0 unspecified atom stereocenters. The van der Waals surface area contributed by atoms with Crippen molar-refractivity contribution >= 4 is 0 Å². The number of aryl methyl sites for hydroxylation is 1. The Morgan fingerprint density at radius 1 is 1.50 bits per heavy atom. The predicted molar refractivity (Wildman–Crippen MR) is 68.4 cm³/mol. The molecule has 0 fully saturated rings. The highest BCUT2D eigenvalue weighted by atomic mass is 15.3. The van der Waals surface area contributed by atoms with Crippen molar-refractivity contribution in [2.45, 2.75) is 53.2 Å². The third-order valence-corrected chi connectivity index (χ3v) is 2.29. The second kappa shape index (κ2) is 4.83. The van der Waals surface area contributed by atoms with Gasteiger partial charge in [0.05, 0.1) is 12.2 Å². The highest BCUT2D eigenvalue weighted by Gasteiger charge is 2.11. The van der Waals surface area contributed by atoms with Crippen LogP contribution in [0.25, 0.3) is 0 Å². The van der Waals surface area contributed by atoms with Crippen LogP contribution in [0, 0.1) is 6.92 Å². The van der Waals surface area contributed by atoms with Crippen molar-refractivity contribution in [2.75, 3.05) is 0 Å². The lowest BCUT2D eigenvalue weighted by molar-refractivity contribution is 0.423. The van der Waals surface area contributed by atoms with E-state index in [9.17, 15) is 0 Å². The first-order chi connectivity index (χ1) is 7.28. The van der Waals surface area contributed by atoms with Crippen LogP contribution in [0.4, 0.5) is 0 Å². The van der Waals surface area contributed by atoms with Crippen LogP contribution in [0.3, 0.4) is 0 Å². The molecule has 1 heterocycles. The van der Waals surface area contributed by atoms with Crippen molar-refractivity contribution in [1.82, 2.24) is 15.1 Å². The van der Waals surface area contributed by atoms with Gasteiger partial charge < -0.3 is 5.32 Å². The van der Waals surface area contributed by atoms with Crippen molar-refractivity contribution in [3.63, 3.8) is 0 Å². The number of hydrogen-bond acceptors (Lipinski definition) is 2. The molecule has 0 bridgehead atoms. The summed E-state index contributed by atoms with van der Waals surface area (Å²) in [6.07, 6.45) is 2.10. The molecule has 0 aromatic carbocycles. The average molecular weight is 221 g/mol. The topological polar surface area (TPSA) is 29.9 Å². The smallest absolute Gasteiger partial charge is 0.0638 e. The van der Waals surface area contributed by atoms with Crippen molar-refractivity contribution in [3.8, 4) is 0 Å². The van der Waals surface area contributed by atoms with Gasteiger partial charge in [-0.05, 0) is 34.6 Å². The molecule has 16 heavy (non-hydrogen) atoms. The number of rotatable bonds is 4. The van der Waals surface area contributed by atoms with E-state index in [1.54, 1.807) is 0 Å². The Balaban J connectivity index is 2.67. The van der Waals surface area contributed by atoms with Crippen LogP contribution in [0.15, 0.2) is 18.3 Å². The van der Waals surface area contributed by atoms with Gasteiger partial charge in [0.15, 0.2) is 0 Å². The summed E-state index contributed by atoms with van der Waals surface area (Å²) in [5.74, 6) is 0. The van der Waals surface area contributed by atoms with Crippen molar-refractivity contribution in [1.29, 1.82) is 0 Å². The van der Waals surface area contributed by atoms with Crippen LogP contribution in [-0.2, 0) is 13.1 Å². The third-order valence-electron chi connectivity index (χ3n) is 2.29. The summed E-state index contributed by atoms with van der Waals surface area (Å²) in [6, 6.07) is 0. The summed E-state index contributed by atoms with van der Waals surface area (Å²) < 4.78 is 1.96. The quantitative estimate of drug-likeness (QED) is 0.792. The molecule has 1 aromatic heterocycles. The summed E-state index contributed by atoms with van der Waals surface area (Å²) in [7, 11) is 0. The van der Waals surface area contributed by atoms with Crippen LogP contribution in [-0.4, -0.2) is 15.3 Å². The normalized spacial score (nSPS) is 11.8. The lowest BCUT2D eigenvalue weighted by Crippen LogP contribution is -2.35. The fourth-order valence-electron chi connectivity index (χ4n) is 1.45. The molecule has 0 amide bonds. The fraction of sp³-hybridized carbons (Fsp3) is 0.615. The van der Waals surface area contributed by atoms with E-state index in [1.807, 2.05) is 11.6 Å². The second-order valence-electron chi connectivity index (χ2n) is 5.50. The molecule has 0 aliphatic rings. The van der Waals surface area contributed by atoms with Gasteiger partial charge in [0.25, 0.3) is 0 Å². The lowest BCUT2D eigenvalue weighted by atomic mass is 10.1. The summed E-state index contributed by atoms with van der Waals surface area (Å²) in [6.45, 7) is 16.1. The predicted octanol–water partition coefficient (Wildman–Crippen LogP) is 2.66. The van der Waals surface area contributed by atoms with E-state index in [-0.39, 0.29) is 5.54 Å². The molecule has 0 aliphatic carbocycles. The van der Waals surface area contributed by atoms with Gasteiger partial charge >= 0.3 is 0 Å². The Kier molecular flexibility index (Phi) is 3.92. The molecular weight excluding hydrogens is 198 g/mol. The third kappa shape index (κ3) is 4.19. The number of nitrogens with one attached hydrogen (secondary N) is 1. The maximum absolute atomic E-state index is 4.47. The van der Waals surface area contributed by atoms with Crippen LogP contribution in [0.5, 0.6) is 0 Å². The van der Waals surface area contributed by atoms with E-state index in [4.69, 9.17) is 0 Å². The van der Waals surface area contributed by atoms with Crippen molar-refractivity contribution in [2.24, 2.45) is 0 Å². The monoisotopic (exact) mass is 221 g/mol. The number of allylic oxidation sites excluding steroid dienone is 1. The van der Waals surface area contributed by atoms with Gasteiger partial charge in [0, 0.05) is 23.8 Å². The SMILES string of the molecule is C=C(C)Cn1cc(CNC(C)(C)C)c(C)n1. The zero-order valence-electron chi connectivity index (χ0n) is 11.1. The van der Waals surface area contributed by atoms with Gasteiger partial charge in [0.2, 0.25) is 0 Å². The fourth-order valence-corrected chi connectivity index (χ4v) is 1.45. The maximum Gasteiger partial charge on any atom is 0.0638 e. The Morgan fingerprint density at radius 2 is 2.12 bits per heavy atom. The maximum atomic E-state index is 4.47. The van der Waals surface area contributed by atoms with E-state index in [0.717, 1.165) is 24.4 Å². The number of aromatic nitrogens is 2. The molecule has 0 saturated heterocycles. The molecule has 0 saturated carbocycles. The van der Waals surface area contributed by atoms with Gasteiger partial charge in [-0.3, -0.25) is 4.68 Å². The average Bonchev–Trinajstić information content (AvgIpc) is 2.40. The van der Waals surface area contributed by atoms with Gasteiger partial charge in [0.1, 0.15) is 0 Å². The van der Waals surface area contributed by atoms with Gasteiger partial charge in [-0.2, -0.15) is 5.10 Å². The first-order valence-electron chi connectivity index (χ1n) is 5.70. The van der Waals surface area contributed by atoms with E-state index in [2.05, 4.69) is 50.9 Å². The highest BCUT2D eigenvalue weighted by molar-refractivity contribution is 5.16. The Bertz CT molecular complexity index is 369. The summed E-state index contributed by atoms with van der Waals surface area (Å²) >= 11 is 0. The Morgan fingerprint density at radius 3 is 2.62 bits per heavy atom. The van der Waals surface area contributed by atoms with Crippen molar-refractivity contribution in [3.05, 3.63) is 29.6 Å². The van der Waals surface area contributed by atoms with Gasteiger partial charge in [-0.1, -0.05) is 12.2 Å². The minimum absolute atomic E-state index is 0.142. The second-order valence-corrected chi connectivity index (χ2v) is 5.50. The molecule has 1 N–H and O–H groups in total. The first kappa shape index (κ1) is 13.0. The zero-order chi connectivity index (χ0) is 12.3. The minimum Gasteiger partial charge on any atom is -0.308 e. The Labute approximate surface area is 98.5 Å². The molecule has 90 valence electrons. The first-order valence-corrected chi connectivity index (χ1v) is 5.70. The molecule has 0 radical (unpaired) electrons. The van der Waals surface area contributed by atoms with Gasteiger partial charge in [-0.25, -0.2) is 0 Å². The zero-order valence-corrected chi connectivity index (χ0v) is 11.1. The van der Waals surface area contributed by atoms with E-state index < -0.39 is 0 Å². The van der Waals surface area contributed by atoms with Crippen LogP contribution < -0.4 is 5.32 Å². The molecular formula is C13H23N3. The van der Waals surface area contributed by atoms with Crippen LogP contribution >= 0.6 is 0 Å². The molecule has 3 nitrogen and oxygen atoms in total.